The van der Waals surface area contributed by atoms with Crippen molar-refractivity contribution in [3.63, 3.8) is 0 Å². The van der Waals surface area contributed by atoms with Crippen molar-refractivity contribution in [2.45, 2.75) is 52.5 Å². The topological polar surface area (TPSA) is 32.5 Å². The van der Waals surface area contributed by atoms with Gasteiger partial charge in [-0.05, 0) is 43.1 Å². The molecule has 0 amide bonds. The van der Waals surface area contributed by atoms with E-state index in [0.29, 0.717) is 12.7 Å². The second-order valence-electron chi connectivity index (χ2n) is 7.94. The molecule has 3 nitrogen and oxygen atoms in total. The third-order valence-electron chi connectivity index (χ3n) is 5.41. The maximum Gasteiger partial charge on any atom is 0.0623 e. The minimum absolute atomic E-state index is 0.468. The quantitative estimate of drug-likeness (QED) is 0.416. The van der Waals surface area contributed by atoms with Crippen LogP contribution in [-0.2, 0) is 19.6 Å². The molecule has 0 saturated heterocycles. The van der Waals surface area contributed by atoms with Crippen LogP contribution in [0.1, 0.15) is 43.4 Å². The molecule has 0 aliphatic carbocycles. The van der Waals surface area contributed by atoms with Crippen molar-refractivity contribution >= 4 is 0 Å². The number of hydrogen-bond acceptors (Lipinski definition) is 3. The normalized spacial score (nSPS) is 11.8. The van der Waals surface area contributed by atoms with Crippen LogP contribution in [0.25, 0.3) is 0 Å². The summed E-state index contributed by atoms with van der Waals surface area (Å²) in [6, 6.07) is 31.6. The van der Waals surface area contributed by atoms with E-state index in [2.05, 4.69) is 91.4 Å². The summed E-state index contributed by atoms with van der Waals surface area (Å²) in [5, 5.41) is 0. The van der Waals surface area contributed by atoms with E-state index in [-0.39, 0.29) is 0 Å². The molecule has 0 spiro atoms. The Kier molecular flexibility index (Phi) is 11.6. The zero-order valence-corrected chi connectivity index (χ0v) is 19.5. The number of rotatable bonds is 10. The fourth-order valence-corrected chi connectivity index (χ4v) is 3.87. The van der Waals surface area contributed by atoms with Crippen LogP contribution in [0.4, 0.5) is 0 Å². The number of nitrogens with two attached hydrogens (primary N) is 1. The Morgan fingerprint density at radius 1 is 0.677 bits per heavy atom. The van der Waals surface area contributed by atoms with Crippen molar-refractivity contribution in [2.75, 3.05) is 13.6 Å². The molecular formula is C28H39N3. The highest BCUT2D eigenvalue weighted by atomic mass is 15.3. The first kappa shape index (κ1) is 24.8. The van der Waals surface area contributed by atoms with Crippen molar-refractivity contribution in [1.82, 2.24) is 9.80 Å². The van der Waals surface area contributed by atoms with Crippen LogP contribution in [0, 0.1) is 0 Å². The molecule has 0 aliphatic rings. The molecular weight excluding hydrogens is 378 g/mol. The van der Waals surface area contributed by atoms with E-state index in [1.165, 1.54) is 23.1 Å². The van der Waals surface area contributed by atoms with Gasteiger partial charge in [-0.3, -0.25) is 9.80 Å². The monoisotopic (exact) mass is 417 g/mol. The lowest BCUT2D eigenvalue weighted by atomic mass is 10.1. The Hall–Kier alpha value is -2.46. The van der Waals surface area contributed by atoms with Gasteiger partial charge in [-0.25, -0.2) is 0 Å². The molecule has 0 bridgehead atoms. The summed E-state index contributed by atoms with van der Waals surface area (Å²) in [4.78, 5) is 5.09. The van der Waals surface area contributed by atoms with Gasteiger partial charge in [-0.1, -0.05) is 105 Å². The average Bonchev–Trinajstić information content (AvgIpc) is 2.82. The van der Waals surface area contributed by atoms with Gasteiger partial charge in [0.25, 0.3) is 0 Å². The molecule has 2 N–H and O–H groups in total. The van der Waals surface area contributed by atoms with Crippen molar-refractivity contribution in [1.29, 1.82) is 0 Å². The fraction of sp³-hybridized carbons (Fsp3) is 0.357. The Morgan fingerprint density at radius 2 is 1.10 bits per heavy atom. The Bertz CT molecular complexity index is 764. The van der Waals surface area contributed by atoms with Gasteiger partial charge >= 0.3 is 0 Å². The van der Waals surface area contributed by atoms with Crippen LogP contribution in [0.2, 0.25) is 0 Å². The Morgan fingerprint density at radius 3 is 1.42 bits per heavy atom. The molecule has 0 radical (unpaired) electrons. The van der Waals surface area contributed by atoms with E-state index >= 15 is 0 Å². The average molecular weight is 418 g/mol. The smallest absolute Gasteiger partial charge is 0.0623 e. The lowest BCUT2D eigenvalue weighted by Crippen LogP contribution is -2.45. The van der Waals surface area contributed by atoms with Gasteiger partial charge in [0.15, 0.2) is 0 Å². The zero-order chi connectivity index (χ0) is 22.3. The van der Waals surface area contributed by atoms with Crippen LogP contribution >= 0.6 is 0 Å². The van der Waals surface area contributed by atoms with Crippen LogP contribution in [0.15, 0.2) is 91.0 Å². The summed E-state index contributed by atoms with van der Waals surface area (Å²) in [6.07, 6.45) is 2.79. The summed E-state index contributed by atoms with van der Waals surface area (Å²) >= 11 is 0. The minimum Gasteiger partial charge on any atom is -0.326 e. The Balaban J connectivity index is 0.000000357. The molecule has 31 heavy (non-hydrogen) atoms. The minimum atomic E-state index is 0.468. The summed E-state index contributed by atoms with van der Waals surface area (Å²) in [6.45, 7) is 8.30. The van der Waals surface area contributed by atoms with Gasteiger partial charge in [0.2, 0.25) is 0 Å². The van der Waals surface area contributed by atoms with Crippen LogP contribution in [-0.4, -0.2) is 29.6 Å². The lowest BCUT2D eigenvalue weighted by molar-refractivity contribution is 0.0446. The van der Waals surface area contributed by atoms with E-state index in [1.54, 1.807) is 0 Å². The first-order chi connectivity index (χ1) is 15.2. The van der Waals surface area contributed by atoms with Crippen LogP contribution in [0.3, 0.4) is 0 Å². The summed E-state index contributed by atoms with van der Waals surface area (Å²) in [5.41, 5.74) is 9.30. The first-order valence-corrected chi connectivity index (χ1v) is 11.4. The predicted octanol–water partition coefficient (Wildman–Crippen LogP) is 5.91. The summed E-state index contributed by atoms with van der Waals surface area (Å²) in [7, 11) is 2.25. The Labute approximate surface area is 189 Å². The summed E-state index contributed by atoms with van der Waals surface area (Å²) in [5.74, 6) is 0. The van der Waals surface area contributed by atoms with E-state index in [0.717, 1.165) is 26.1 Å². The second kappa shape index (κ2) is 14.5. The maximum absolute atomic E-state index is 5.35. The van der Waals surface area contributed by atoms with Crippen molar-refractivity contribution in [2.24, 2.45) is 5.73 Å². The molecule has 3 rings (SSSR count). The van der Waals surface area contributed by atoms with E-state index in [9.17, 15) is 0 Å². The van der Waals surface area contributed by atoms with Gasteiger partial charge in [-0.15, -0.1) is 0 Å². The molecule has 1 atom stereocenters. The third kappa shape index (κ3) is 9.06. The highest BCUT2D eigenvalue weighted by molar-refractivity contribution is 5.17. The molecule has 0 aromatic heterocycles. The van der Waals surface area contributed by atoms with Crippen molar-refractivity contribution in [3.05, 3.63) is 108 Å². The predicted molar refractivity (Wildman–Crippen MR) is 133 cm³/mol. The van der Waals surface area contributed by atoms with Crippen LogP contribution < -0.4 is 5.73 Å². The fourth-order valence-electron chi connectivity index (χ4n) is 3.87. The van der Waals surface area contributed by atoms with Gasteiger partial charge in [0.05, 0.1) is 6.17 Å². The molecule has 0 fully saturated rings. The van der Waals surface area contributed by atoms with E-state index in [4.69, 9.17) is 5.73 Å². The number of nitrogens with zero attached hydrogens (tertiary/aromatic N) is 2. The molecule has 3 aromatic rings. The number of benzene rings is 3. The third-order valence-corrected chi connectivity index (χ3v) is 5.41. The molecule has 1 unspecified atom stereocenters. The first-order valence-electron chi connectivity index (χ1n) is 11.4. The molecule has 0 heterocycles. The standard InChI is InChI=1S/C21H30N2.C7H9N/c1-4-16-22(3)21(5-2)23(17-19-12-8-6-9-13-19)18-20-14-10-7-11-15-20;8-6-7-4-2-1-3-5-7/h6-15,21H,4-5,16-18H2,1-3H3;1-5H,6,8H2. The van der Waals surface area contributed by atoms with Gasteiger partial charge < -0.3 is 5.73 Å². The highest BCUT2D eigenvalue weighted by Crippen LogP contribution is 2.17. The number of hydrogen-bond donors (Lipinski definition) is 1. The largest absolute Gasteiger partial charge is 0.326 e. The van der Waals surface area contributed by atoms with Gasteiger partial charge in [-0.2, -0.15) is 0 Å². The van der Waals surface area contributed by atoms with Crippen molar-refractivity contribution < 1.29 is 0 Å². The van der Waals surface area contributed by atoms with Gasteiger partial charge in [0, 0.05) is 19.6 Å². The zero-order valence-electron chi connectivity index (χ0n) is 19.5. The molecule has 3 heteroatoms. The molecule has 0 aliphatic heterocycles. The lowest BCUT2D eigenvalue weighted by Gasteiger charge is -2.37. The molecule has 166 valence electrons. The second-order valence-corrected chi connectivity index (χ2v) is 7.94. The maximum atomic E-state index is 5.35. The van der Waals surface area contributed by atoms with Crippen LogP contribution in [0.5, 0.6) is 0 Å². The van der Waals surface area contributed by atoms with Gasteiger partial charge in [0.1, 0.15) is 0 Å². The molecule has 0 saturated carbocycles. The van der Waals surface area contributed by atoms with E-state index < -0.39 is 0 Å². The van der Waals surface area contributed by atoms with Crippen molar-refractivity contribution in [3.8, 4) is 0 Å². The van der Waals surface area contributed by atoms with E-state index in [1.807, 2.05) is 30.3 Å². The summed E-state index contributed by atoms with van der Waals surface area (Å²) < 4.78 is 0. The highest BCUT2D eigenvalue weighted by Gasteiger charge is 2.21. The SMILES string of the molecule is CCCN(C)C(CC)N(Cc1ccccc1)Cc1ccccc1.NCc1ccccc1. The molecule has 3 aromatic carbocycles.